The molecule has 1 heterocycles. The first kappa shape index (κ1) is 15.1. The van der Waals surface area contributed by atoms with Crippen LogP contribution in [0.3, 0.4) is 0 Å². The van der Waals surface area contributed by atoms with Crippen molar-refractivity contribution in [2.24, 2.45) is 11.7 Å². The van der Waals surface area contributed by atoms with E-state index in [0.29, 0.717) is 0 Å². The van der Waals surface area contributed by atoms with Crippen LogP contribution in [0.1, 0.15) is 27.7 Å². The van der Waals surface area contributed by atoms with Crippen LogP contribution in [-0.2, 0) is 4.74 Å². The molecule has 1 amide bonds. The lowest BCUT2D eigenvalue weighted by molar-refractivity contribution is -0.190. The van der Waals surface area contributed by atoms with Crippen LogP contribution < -0.4 is 5.73 Å². The molecule has 0 radical (unpaired) electrons. The van der Waals surface area contributed by atoms with Crippen molar-refractivity contribution in [2.75, 3.05) is 13.1 Å². The van der Waals surface area contributed by atoms with Gasteiger partial charge in [0.2, 0.25) is 0 Å². The Morgan fingerprint density at radius 2 is 1.89 bits per heavy atom. The zero-order valence-corrected chi connectivity index (χ0v) is 11.0. The molecule has 7 heteroatoms. The number of hydrogen-bond acceptors (Lipinski definition) is 3. The van der Waals surface area contributed by atoms with Crippen molar-refractivity contribution < 1.29 is 22.7 Å². The Bertz CT molecular complexity index is 338. The summed E-state index contributed by atoms with van der Waals surface area (Å²) in [6, 6.07) is 0. The van der Waals surface area contributed by atoms with Crippen molar-refractivity contribution in [3.05, 3.63) is 0 Å². The van der Waals surface area contributed by atoms with E-state index in [1.807, 2.05) is 0 Å². The zero-order valence-electron chi connectivity index (χ0n) is 11.0. The van der Waals surface area contributed by atoms with Gasteiger partial charge in [-0.05, 0) is 20.8 Å². The van der Waals surface area contributed by atoms with E-state index in [1.54, 1.807) is 20.8 Å². The molecule has 0 aliphatic carbocycles. The van der Waals surface area contributed by atoms with Gasteiger partial charge in [-0.1, -0.05) is 6.92 Å². The van der Waals surface area contributed by atoms with Gasteiger partial charge in [-0.2, -0.15) is 13.2 Å². The molecule has 106 valence electrons. The average molecular weight is 268 g/mol. The highest BCUT2D eigenvalue weighted by Crippen LogP contribution is 2.39. The van der Waals surface area contributed by atoms with E-state index in [9.17, 15) is 18.0 Å². The van der Waals surface area contributed by atoms with Crippen LogP contribution in [0.4, 0.5) is 18.0 Å². The fourth-order valence-corrected chi connectivity index (χ4v) is 1.86. The van der Waals surface area contributed by atoms with Crippen LogP contribution in [0.25, 0.3) is 0 Å². The van der Waals surface area contributed by atoms with Crippen molar-refractivity contribution in [3.63, 3.8) is 0 Å². The molecule has 1 aliphatic rings. The van der Waals surface area contributed by atoms with Gasteiger partial charge in [0.05, 0.1) is 6.54 Å². The topological polar surface area (TPSA) is 55.6 Å². The third kappa shape index (κ3) is 2.88. The quantitative estimate of drug-likeness (QED) is 0.732. The van der Waals surface area contributed by atoms with E-state index >= 15 is 0 Å². The number of likely N-dealkylation sites (tertiary alicyclic amines) is 1. The third-order valence-electron chi connectivity index (χ3n) is 3.01. The Hall–Kier alpha value is -0.980. The summed E-state index contributed by atoms with van der Waals surface area (Å²) >= 11 is 0. The second kappa shape index (κ2) is 4.29. The molecule has 1 saturated heterocycles. The van der Waals surface area contributed by atoms with E-state index in [0.717, 1.165) is 4.90 Å². The normalized spacial score (nSPS) is 29.6. The van der Waals surface area contributed by atoms with Crippen LogP contribution >= 0.6 is 0 Å². The minimum atomic E-state index is -4.54. The van der Waals surface area contributed by atoms with Gasteiger partial charge in [0.1, 0.15) is 11.1 Å². The number of amides is 1. The number of nitrogens with zero attached hydrogens (tertiary/aromatic N) is 1. The summed E-state index contributed by atoms with van der Waals surface area (Å²) in [6.07, 6.45) is -5.30. The second-order valence-electron chi connectivity index (χ2n) is 5.80. The Kier molecular flexibility index (Phi) is 3.60. The summed E-state index contributed by atoms with van der Waals surface area (Å²) in [7, 11) is 0. The van der Waals surface area contributed by atoms with E-state index in [4.69, 9.17) is 10.5 Å². The van der Waals surface area contributed by atoms with Crippen LogP contribution in [0, 0.1) is 5.92 Å². The molecule has 0 aromatic rings. The molecule has 18 heavy (non-hydrogen) atoms. The lowest BCUT2D eigenvalue weighted by atomic mass is 9.89. The summed E-state index contributed by atoms with van der Waals surface area (Å²) in [4.78, 5) is 12.7. The molecule has 2 N–H and O–H groups in total. The van der Waals surface area contributed by atoms with Gasteiger partial charge in [0.15, 0.2) is 0 Å². The molecule has 0 aromatic carbocycles. The highest BCUT2D eigenvalue weighted by atomic mass is 19.4. The van der Waals surface area contributed by atoms with E-state index in [-0.39, 0.29) is 6.54 Å². The smallest absolute Gasteiger partial charge is 0.410 e. The monoisotopic (exact) mass is 268 g/mol. The Morgan fingerprint density at radius 1 is 1.39 bits per heavy atom. The van der Waals surface area contributed by atoms with Crippen LogP contribution in [-0.4, -0.2) is 41.4 Å². The first-order valence-corrected chi connectivity index (χ1v) is 5.70. The van der Waals surface area contributed by atoms with Gasteiger partial charge in [0.25, 0.3) is 0 Å². The fraction of sp³-hybridized carbons (Fsp3) is 0.909. The molecule has 1 rings (SSSR count). The minimum Gasteiger partial charge on any atom is -0.444 e. The molecule has 0 aromatic heterocycles. The van der Waals surface area contributed by atoms with Crippen molar-refractivity contribution in [1.82, 2.24) is 4.90 Å². The summed E-state index contributed by atoms with van der Waals surface area (Å²) < 4.78 is 43.6. The van der Waals surface area contributed by atoms with Crippen molar-refractivity contribution in [1.29, 1.82) is 0 Å². The molecule has 1 aliphatic heterocycles. The number of alkyl halides is 3. The van der Waals surface area contributed by atoms with E-state index in [1.165, 1.54) is 6.92 Å². The lowest BCUT2D eigenvalue weighted by Gasteiger charge is -2.30. The van der Waals surface area contributed by atoms with Crippen molar-refractivity contribution in [3.8, 4) is 0 Å². The molecular formula is C11H19F3N2O2. The molecular weight excluding hydrogens is 249 g/mol. The molecule has 1 fully saturated rings. The van der Waals surface area contributed by atoms with Crippen LogP contribution in [0.2, 0.25) is 0 Å². The maximum atomic E-state index is 12.9. The predicted octanol–water partition coefficient (Wildman–Crippen LogP) is 2.13. The number of hydrogen-bond donors (Lipinski definition) is 1. The highest BCUT2D eigenvalue weighted by Gasteiger charge is 2.60. The largest absolute Gasteiger partial charge is 0.444 e. The van der Waals surface area contributed by atoms with Gasteiger partial charge in [0, 0.05) is 12.5 Å². The lowest BCUT2D eigenvalue weighted by Crippen LogP contribution is -2.59. The predicted molar refractivity (Wildman–Crippen MR) is 59.9 cm³/mol. The average Bonchev–Trinajstić information content (AvgIpc) is 2.40. The van der Waals surface area contributed by atoms with Gasteiger partial charge < -0.3 is 15.4 Å². The highest BCUT2D eigenvalue weighted by molar-refractivity contribution is 5.69. The number of carbonyl (C=O) groups is 1. The molecule has 0 saturated carbocycles. The van der Waals surface area contributed by atoms with Gasteiger partial charge >= 0.3 is 12.3 Å². The molecule has 4 nitrogen and oxygen atoms in total. The fourth-order valence-electron chi connectivity index (χ4n) is 1.86. The van der Waals surface area contributed by atoms with Crippen molar-refractivity contribution in [2.45, 2.75) is 45.0 Å². The van der Waals surface area contributed by atoms with Crippen molar-refractivity contribution >= 4 is 6.09 Å². The third-order valence-corrected chi connectivity index (χ3v) is 3.01. The van der Waals surface area contributed by atoms with Gasteiger partial charge in [-0.25, -0.2) is 4.79 Å². The standard InChI is InChI=1S/C11H19F3N2O2/c1-7-5-16(8(17)18-9(2,3)4)6-10(7,15)11(12,13)14/h7H,5-6,15H2,1-4H3/t7-,10+/m0/s1. The van der Waals surface area contributed by atoms with E-state index in [2.05, 4.69) is 0 Å². The maximum absolute atomic E-state index is 12.9. The number of carbonyl (C=O) groups excluding carboxylic acids is 1. The first-order valence-electron chi connectivity index (χ1n) is 5.70. The number of halogens is 3. The second-order valence-corrected chi connectivity index (χ2v) is 5.80. The minimum absolute atomic E-state index is 0.0507. The summed E-state index contributed by atoms with van der Waals surface area (Å²) in [5.41, 5.74) is 2.30. The van der Waals surface area contributed by atoms with E-state index < -0.39 is 35.9 Å². The first-order chi connectivity index (χ1) is 7.87. The molecule has 0 spiro atoms. The molecule has 0 unspecified atom stereocenters. The number of ether oxygens (including phenoxy) is 1. The summed E-state index contributed by atoms with van der Waals surface area (Å²) in [6.45, 7) is 5.74. The van der Waals surface area contributed by atoms with Crippen LogP contribution in [0.5, 0.6) is 0 Å². The maximum Gasteiger partial charge on any atom is 0.410 e. The molecule has 2 atom stereocenters. The van der Waals surface area contributed by atoms with Gasteiger partial charge in [-0.15, -0.1) is 0 Å². The Balaban J connectivity index is 2.79. The Labute approximate surface area is 104 Å². The summed E-state index contributed by atoms with van der Waals surface area (Å²) in [5.74, 6) is -0.856. The molecule has 0 bridgehead atoms. The van der Waals surface area contributed by atoms with Crippen LogP contribution in [0.15, 0.2) is 0 Å². The Morgan fingerprint density at radius 3 is 2.22 bits per heavy atom. The number of nitrogens with two attached hydrogens (primary N) is 1. The zero-order chi connectivity index (χ0) is 14.4. The SMILES string of the molecule is C[C@H]1CN(C(=O)OC(C)(C)C)C[C@]1(N)C(F)(F)F. The summed E-state index contributed by atoms with van der Waals surface area (Å²) in [5, 5.41) is 0. The number of rotatable bonds is 0. The van der Waals surface area contributed by atoms with Gasteiger partial charge in [-0.3, -0.25) is 0 Å².